The third kappa shape index (κ3) is 3.61. The molecule has 1 aromatic heterocycles. The molecule has 0 atom stereocenters. The number of hydrogen-bond acceptors (Lipinski definition) is 4. The van der Waals surface area contributed by atoms with Gasteiger partial charge in [-0.15, -0.1) is 0 Å². The summed E-state index contributed by atoms with van der Waals surface area (Å²) in [5, 5.41) is 0. The molecule has 0 fully saturated rings. The van der Waals surface area contributed by atoms with Gasteiger partial charge in [0.05, 0.1) is 6.20 Å². The summed E-state index contributed by atoms with van der Waals surface area (Å²) in [5.41, 5.74) is 0.718. The number of halogens is 1. The number of esters is 1. The summed E-state index contributed by atoms with van der Waals surface area (Å²) < 4.78 is 6.21. The highest BCUT2D eigenvalue weighted by atomic mass is 35.5. The number of ketones is 1. The number of Topliss-reactive ketones (excluding diaryl/α,β-unsaturated/α-hetero) is 1. The molecule has 6 heteroatoms. The maximum atomic E-state index is 12.0. The van der Waals surface area contributed by atoms with Crippen LogP contribution in [0.25, 0.3) is 0 Å². The number of benzene rings is 1. The van der Waals surface area contributed by atoms with E-state index in [9.17, 15) is 9.59 Å². The van der Waals surface area contributed by atoms with E-state index in [0.29, 0.717) is 5.56 Å². The average molecular weight is 292 g/mol. The fraction of sp³-hybridized carbons (Fsp3) is 0.143. The van der Waals surface area contributed by atoms with Gasteiger partial charge in [-0.3, -0.25) is 4.79 Å². The van der Waals surface area contributed by atoms with Gasteiger partial charge in [0.15, 0.2) is 12.3 Å². The van der Waals surface area contributed by atoms with Gasteiger partial charge < -0.3 is 4.74 Å². The van der Waals surface area contributed by atoms with Gasteiger partial charge in [0.25, 0.3) is 0 Å². The summed E-state index contributed by atoms with van der Waals surface area (Å²) in [4.78, 5) is 27.4. The van der Waals surface area contributed by atoms with Crippen LogP contribution in [0.3, 0.4) is 0 Å². The van der Waals surface area contributed by atoms with Crippen molar-refractivity contribution >= 4 is 23.4 Å². The highest BCUT2D eigenvalue weighted by molar-refractivity contribution is 6.17. The first-order valence-electron chi connectivity index (χ1n) is 5.87. The van der Waals surface area contributed by atoms with Crippen molar-refractivity contribution in [3.63, 3.8) is 0 Å². The first-order valence-corrected chi connectivity index (χ1v) is 6.40. The van der Waals surface area contributed by atoms with Crippen LogP contribution in [0.5, 0.6) is 0 Å². The lowest BCUT2D eigenvalue weighted by molar-refractivity contribution is -0.683. The van der Waals surface area contributed by atoms with E-state index in [1.54, 1.807) is 35.0 Å². The van der Waals surface area contributed by atoms with E-state index < -0.39 is 5.97 Å². The molecule has 1 aromatic carbocycles. The minimum atomic E-state index is -0.624. The summed E-state index contributed by atoms with van der Waals surface area (Å²) >= 11 is 5.32. The van der Waals surface area contributed by atoms with E-state index in [1.807, 2.05) is 6.07 Å². The lowest BCUT2D eigenvalue weighted by atomic mass is 10.1. The molecule has 1 heterocycles. The second-order valence-electron chi connectivity index (χ2n) is 3.94. The van der Waals surface area contributed by atoms with Gasteiger partial charge in [0.1, 0.15) is 0 Å². The number of alkyl halides is 1. The van der Waals surface area contributed by atoms with Crippen molar-refractivity contribution in [2.75, 3.05) is 6.07 Å². The summed E-state index contributed by atoms with van der Waals surface area (Å²) in [6.07, 6.45) is 4.50. The Balaban J connectivity index is 2.12. The Bertz CT molecular complexity index is 617. The predicted molar refractivity (Wildman–Crippen MR) is 71.3 cm³/mol. The molecule has 0 radical (unpaired) electrons. The first kappa shape index (κ1) is 14.1. The smallest absolute Gasteiger partial charge is 0.364 e. The number of nitrogens with zero attached hydrogens (tertiary/aromatic N) is 2. The number of ether oxygens (including phenoxy) is 1. The molecule has 0 amide bonds. The second kappa shape index (κ2) is 6.77. The molecule has 0 unspecified atom stereocenters. The zero-order chi connectivity index (χ0) is 14.4. The van der Waals surface area contributed by atoms with E-state index in [0.717, 1.165) is 0 Å². The van der Waals surface area contributed by atoms with Crippen molar-refractivity contribution in [2.24, 2.45) is 0 Å². The van der Waals surface area contributed by atoms with Crippen molar-refractivity contribution < 1.29 is 18.9 Å². The van der Waals surface area contributed by atoms with Crippen LogP contribution in [-0.2, 0) is 11.3 Å². The first-order chi connectivity index (χ1) is 9.70. The van der Waals surface area contributed by atoms with Gasteiger partial charge in [-0.2, -0.15) is 4.57 Å². The normalized spacial score (nSPS) is 10.1. The second-order valence-corrected chi connectivity index (χ2v) is 4.16. The fourth-order valence-corrected chi connectivity index (χ4v) is 1.74. The van der Waals surface area contributed by atoms with Crippen LogP contribution in [0.4, 0.5) is 0 Å². The average Bonchev–Trinajstić information content (AvgIpc) is 2.48. The Hall–Kier alpha value is -2.27. The quantitative estimate of drug-likeness (QED) is 0.363. The highest BCUT2D eigenvalue weighted by Crippen LogP contribution is 2.00. The molecule has 0 aliphatic carbocycles. The molecule has 20 heavy (non-hydrogen) atoms. The number of rotatable bonds is 5. The number of carbonyl (C=O) groups is 2. The van der Waals surface area contributed by atoms with Gasteiger partial charge >= 0.3 is 5.97 Å². The minimum Gasteiger partial charge on any atom is -0.444 e. The molecule has 5 nitrogen and oxygen atoms in total. The van der Waals surface area contributed by atoms with Crippen LogP contribution >= 0.6 is 11.6 Å². The molecule has 0 N–H and O–H groups in total. The third-order valence-electron chi connectivity index (χ3n) is 2.58. The Morgan fingerprint density at radius 3 is 2.70 bits per heavy atom. The molecule has 2 rings (SSSR count). The molecular weight excluding hydrogens is 280 g/mol. The van der Waals surface area contributed by atoms with E-state index in [4.69, 9.17) is 11.6 Å². The minimum absolute atomic E-state index is 0.0570. The van der Waals surface area contributed by atoms with Crippen molar-refractivity contribution in [1.29, 1.82) is 0 Å². The summed E-state index contributed by atoms with van der Waals surface area (Å²) in [6.45, 7) is 0.119. The van der Waals surface area contributed by atoms with Crippen molar-refractivity contribution in [2.45, 2.75) is 6.54 Å². The molecule has 0 saturated heterocycles. The monoisotopic (exact) mass is 291 g/mol. The van der Waals surface area contributed by atoms with Crippen molar-refractivity contribution in [3.8, 4) is 0 Å². The van der Waals surface area contributed by atoms with Gasteiger partial charge in [-0.1, -0.05) is 41.9 Å². The largest absolute Gasteiger partial charge is 0.444 e. The molecule has 0 bridgehead atoms. The maximum Gasteiger partial charge on any atom is 0.364 e. The standard InChI is InChI=1S/C14H12ClN2O3/c15-10-20-14(19)12-8-17(7-6-16-12)9-13(18)11-4-2-1-3-5-11/h1-8H,9-10H2/q+1. The molecular formula is C14H12ClN2O3+. The lowest BCUT2D eigenvalue weighted by Gasteiger charge is -2.00. The molecule has 0 aliphatic heterocycles. The maximum absolute atomic E-state index is 12.0. The Morgan fingerprint density at radius 2 is 2.00 bits per heavy atom. The Morgan fingerprint density at radius 1 is 1.25 bits per heavy atom. The van der Waals surface area contributed by atoms with Crippen LogP contribution in [0.15, 0.2) is 48.9 Å². The highest BCUT2D eigenvalue weighted by Gasteiger charge is 2.16. The lowest BCUT2D eigenvalue weighted by Crippen LogP contribution is -2.38. The van der Waals surface area contributed by atoms with Crippen LogP contribution in [0, 0.1) is 0 Å². The molecule has 2 aromatic rings. The summed E-state index contributed by atoms with van der Waals surface area (Å²) in [5.74, 6) is -0.681. The van der Waals surface area contributed by atoms with Crippen LogP contribution in [0.1, 0.15) is 20.8 Å². The van der Waals surface area contributed by atoms with Crippen LogP contribution < -0.4 is 4.57 Å². The third-order valence-corrected chi connectivity index (χ3v) is 2.69. The van der Waals surface area contributed by atoms with Gasteiger partial charge in [0, 0.05) is 5.56 Å². The zero-order valence-corrected chi connectivity index (χ0v) is 11.3. The Kier molecular flexibility index (Phi) is 4.79. The van der Waals surface area contributed by atoms with Crippen molar-refractivity contribution in [3.05, 3.63) is 60.2 Å². The van der Waals surface area contributed by atoms with Gasteiger partial charge in [0.2, 0.25) is 24.2 Å². The number of aromatic nitrogens is 2. The molecule has 102 valence electrons. The van der Waals surface area contributed by atoms with E-state index >= 15 is 0 Å². The van der Waals surface area contributed by atoms with E-state index in [-0.39, 0.29) is 24.1 Å². The fourth-order valence-electron chi connectivity index (χ4n) is 1.64. The summed E-state index contributed by atoms with van der Waals surface area (Å²) in [6, 6.07) is 8.69. The SMILES string of the molecule is O=C(C[n+]1ccnc(C(=O)OCCl)c1)c1ccccc1. The topological polar surface area (TPSA) is 60.1 Å². The number of carbonyl (C=O) groups excluding carboxylic acids is 2. The van der Waals surface area contributed by atoms with Gasteiger partial charge in [-0.25, -0.2) is 9.78 Å². The van der Waals surface area contributed by atoms with Gasteiger partial charge in [-0.05, 0) is 0 Å². The van der Waals surface area contributed by atoms with Crippen LogP contribution in [0.2, 0.25) is 0 Å². The van der Waals surface area contributed by atoms with E-state index in [2.05, 4.69) is 9.72 Å². The predicted octanol–water partition coefficient (Wildman–Crippen LogP) is 1.61. The van der Waals surface area contributed by atoms with E-state index in [1.165, 1.54) is 12.4 Å². The Labute approximate surface area is 120 Å². The zero-order valence-electron chi connectivity index (χ0n) is 10.5. The molecule has 0 saturated carbocycles. The molecule has 0 spiro atoms. The summed E-state index contributed by atoms with van der Waals surface area (Å²) in [7, 11) is 0. The van der Waals surface area contributed by atoms with Crippen molar-refractivity contribution in [1.82, 2.24) is 4.98 Å². The molecule has 0 aliphatic rings. The van der Waals surface area contributed by atoms with Crippen LogP contribution in [-0.4, -0.2) is 22.8 Å². The number of hydrogen-bond donors (Lipinski definition) is 0.